The first-order chi connectivity index (χ1) is 7.14. The molecule has 1 aromatic carbocycles. The molecule has 1 saturated carbocycles. The molecule has 1 aromatic rings. The van der Waals surface area contributed by atoms with Crippen molar-refractivity contribution in [3.05, 3.63) is 29.6 Å². The van der Waals surface area contributed by atoms with Gasteiger partial charge in [-0.05, 0) is 30.5 Å². The molecule has 1 aliphatic rings. The van der Waals surface area contributed by atoms with E-state index in [0.717, 1.165) is 6.42 Å². The average Bonchev–Trinajstić information content (AvgIpc) is 2.91. The summed E-state index contributed by atoms with van der Waals surface area (Å²) in [6.07, 6.45) is 0.781. The quantitative estimate of drug-likeness (QED) is 0.743. The number of ether oxygens (including phenoxy) is 1. The van der Waals surface area contributed by atoms with Crippen LogP contribution in [0.4, 0.5) is 4.39 Å². The van der Waals surface area contributed by atoms with Gasteiger partial charge < -0.3 is 4.74 Å². The Morgan fingerprint density at radius 1 is 1.60 bits per heavy atom. The van der Waals surface area contributed by atoms with Crippen LogP contribution in [0.3, 0.4) is 0 Å². The van der Waals surface area contributed by atoms with E-state index >= 15 is 0 Å². The Labute approximate surface area is 88.3 Å². The van der Waals surface area contributed by atoms with Gasteiger partial charge in [0, 0.05) is 5.56 Å². The van der Waals surface area contributed by atoms with Crippen LogP contribution in [0.15, 0.2) is 18.2 Å². The van der Waals surface area contributed by atoms with Gasteiger partial charge in [0.2, 0.25) is 0 Å². The molecule has 0 N–H and O–H groups in total. The molecule has 2 nitrogen and oxygen atoms in total. The summed E-state index contributed by atoms with van der Waals surface area (Å²) < 4.78 is 18.3. The minimum Gasteiger partial charge on any atom is -0.496 e. The molecule has 0 saturated heterocycles. The second-order valence-electron chi connectivity index (χ2n) is 4.03. The van der Waals surface area contributed by atoms with Crippen molar-refractivity contribution in [2.75, 3.05) is 7.11 Å². The minimum absolute atomic E-state index is 0.276. The predicted molar refractivity (Wildman–Crippen MR) is 54.0 cm³/mol. The lowest BCUT2D eigenvalue weighted by atomic mass is 9.94. The van der Waals surface area contributed by atoms with Gasteiger partial charge in [-0.15, -0.1) is 0 Å². The molecular formula is C12H12FNO. The fourth-order valence-corrected chi connectivity index (χ4v) is 2.04. The maximum absolute atomic E-state index is 13.1. The Hall–Kier alpha value is -1.56. The monoisotopic (exact) mass is 205 g/mol. The maximum Gasteiger partial charge on any atom is 0.123 e. The molecule has 1 aliphatic carbocycles. The molecule has 1 fully saturated rings. The SMILES string of the molecule is COc1ccc(F)cc1C1(C#N)CC1C. The van der Waals surface area contributed by atoms with Crippen molar-refractivity contribution in [1.82, 2.24) is 0 Å². The Balaban J connectivity index is 2.52. The highest BCUT2D eigenvalue weighted by atomic mass is 19.1. The highest BCUT2D eigenvalue weighted by Crippen LogP contribution is 2.55. The van der Waals surface area contributed by atoms with E-state index in [0.29, 0.717) is 11.3 Å². The molecule has 78 valence electrons. The van der Waals surface area contributed by atoms with E-state index in [1.165, 1.54) is 19.2 Å². The number of nitrogens with zero attached hydrogens (tertiary/aromatic N) is 1. The summed E-state index contributed by atoms with van der Waals surface area (Å²) in [7, 11) is 1.54. The molecule has 0 radical (unpaired) electrons. The second-order valence-corrected chi connectivity index (χ2v) is 4.03. The number of methoxy groups -OCH3 is 1. The Morgan fingerprint density at radius 3 is 2.73 bits per heavy atom. The average molecular weight is 205 g/mol. The molecule has 3 heteroatoms. The molecule has 2 rings (SSSR count). The number of benzene rings is 1. The third kappa shape index (κ3) is 1.37. The van der Waals surface area contributed by atoms with Crippen LogP contribution in [0, 0.1) is 23.1 Å². The smallest absolute Gasteiger partial charge is 0.123 e. The predicted octanol–water partition coefficient (Wildman–Crippen LogP) is 2.64. The van der Waals surface area contributed by atoms with Crippen LogP contribution in [0.2, 0.25) is 0 Å². The van der Waals surface area contributed by atoms with Crippen LogP contribution in [-0.2, 0) is 5.41 Å². The van der Waals surface area contributed by atoms with Crippen LogP contribution in [-0.4, -0.2) is 7.11 Å². The Kier molecular flexibility index (Phi) is 2.15. The number of halogens is 1. The Morgan fingerprint density at radius 2 is 2.27 bits per heavy atom. The summed E-state index contributed by atoms with van der Waals surface area (Å²) in [6, 6.07) is 6.61. The third-order valence-electron chi connectivity index (χ3n) is 3.15. The topological polar surface area (TPSA) is 33.0 Å². The van der Waals surface area contributed by atoms with Gasteiger partial charge >= 0.3 is 0 Å². The summed E-state index contributed by atoms with van der Waals surface area (Å²) in [4.78, 5) is 0. The molecule has 15 heavy (non-hydrogen) atoms. The molecule has 2 unspecified atom stereocenters. The van der Waals surface area contributed by atoms with Crippen LogP contribution in [0.25, 0.3) is 0 Å². The van der Waals surface area contributed by atoms with Gasteiger partial charge in [0.05, 0.1) is 18.6 Å². The van der Waals surface area contributed by atoms with Crippen molar-refractivity contribution in [1.29, 1.82) is 5.26 Å². The van der Waals surface area contributed by atoms with Gasteiger partial charge in [0.15, 0.2) is 0 Å². The number of rotatable bonds is 2. The van der Waals surface area contributed by atoms with Crippen molar-refractivity contribution < 1.29 is 9.13 Å². The summed E-state index contributed by atoms with van der Waals surface area (Å²) in [5.41, 5.74) is 0.146. The number of hydrogen-bond donors (Lipinski definition) is 0. The van der Waals surface area contributed by atoms with Crippen LogP contribution >= 0.6 is 0 Å². The van der Waals surface area contributed by atoms with Gasteiger partial charge in [-0.1, -0.05) is 6.92 Å². The number of nitriles is 1. The summed E-state index contributed by atoms with van der Waals surface area (Å²) in [6.45, 7) is 1.99. The van der Waals surface area contributed by atoms with Gasteiger partial charge in [-0.3, -0.25) is 0 Å². The van der Waals surface area contributed by atoms with E-state index in [4.69, 9.17) is 10.00 Å². The lowest BCUT2D eigenvalue weighted by Crippen LogP contribution is -2.08. The van der Waals surface area contributed by atoms with E-state index in [1.54, 1.807) is 6.07 Å². The largest absolute Gasteiger partial charge is 0.496 e. The third-order valence-corrected chi connectivity index (χ3v) is 3.15. The summed E-state index contributed by atoms with van der Waals surface area (Å²) in [5, 5.41) is 9.16. The maximum atomic E-state index is 13.1. The molecule has 0 aromatic heterocycles. The molecule has 0 amide bonds. The summed E-state index contributed by atoms with van der Waals surface area (Å²) >= 11 is 0. The first kappa shape index (κ1) is 9.97. The molecule has 2 atom stereocenters. The van der Waals surface area contributed by atoms with Crippen molar-refractivity contribution in [3.63, 3.8) is 0 Å². The van der Waals surface area contributed by atoms with Gasteiger partial charge in [0.25, 0.3) is 0 Å². The van der Waals surface area contributed by atoms with Crippen LogP contribution in [0.5, 0.6) is 5.75 Å². The normalized spacial score (nSPS) is 28.3. The molecule has 0 aliphatic heterocycles. The fourth-order valence-electron chi connectivity index (χ4n) is 2.04. The second kappa shape index (κ2) is 3.23. The first-order valence-electron chi connectivity index (χ1n) is 4.89. The highest BCUT2D eigenvalue weighted by Gasteiger charge is 2.54. The van der Waals surface area contributed by atoms with Crippen molar-refractivity contribution in [2.45, 2.75) is 18.8 Å². The van der Waals surface area contributed by atoms with Crippen LogP contribution in [0.1, 0.15) is 18.9 Å². The van der Waals surface area contributed by atoms with E-state index in [2.05, 4.69) is 6.07 Å². The molecule has 0 spiro atoms. The van der Waals surface area contributed by atoms with Crippen LogP contribution < -0.4 is 4.74 Å². The van der Waals surface area contributed by atoms with E-state index < -0.39 is 5.41 Å². The van der Waals surface area contributed by atoms with Crippen molar-refractivity contribution in [2.24, 2.45) is 5.92 Å². The molecule has 0 bridgehead atoms. The summed E-state index contributed by atoms with van der Waals surface area (Å²) in [5.74, 6) is 0.556. The van der Waals surface area contributed by atoms with E-state index in [9.17, 15) is 4.39 Å². The minimum atomic E-state index is -0.534. The molecule has 0 heterocycles. The Bertz CT molecular complexity index is 438. The van der Waals surface area contributed by atoms with Gasteiger partial charge in [-0.25, -0.2) is 4.39 Å². The zero-order valence-corrected chi connectivity index (χ0v) is 8.75. The van der Waals surface area contributed by atoms with Crippen molar-refractivity contribution >= 4 is 0 Å². The zero-order chi connectivity index (χ0) is 11.1. The molecular weight excluding hydrogens is 193 g/mol. The number of hydrogen-bond acceptors (Lipinski definition) is 2. The fraction of sp³-hybridized carbons (Fsp3) is 0.417. The zero-order valence-electron chi connectivity index (χ0n) is 8.75. The highest BCUT2D eigenvalue weighted by molar-refractivity contribution is 5.49. The van der Waals surface area contributed by atoms with Crippen molar-refractivity contribution in [3.8, 4) is 11.8 Å². The van der Waals surface area contributed by atoms with Gasteiger partial charge in [0.1, 0.15) is 11.6 Å². The lowest BCUT2D eigenvalue weighted by molar-refractivity contribution is 0.405. The standard InChI is InChI=1S/C12H12FNO/c1-8-6-12(8,7-14)10-5-9(13)3-4-11(10)15-2/h3-5,8H,6H2,1-2H3. The first-order valence-corrected chi connectivity index (χ1v) is 4.89. The van der Waals surface area contributed by atoms with E-state index in [-0.39, 0.29) is 11.7 Å². The lowest BCUT2D eigenvalue weighted by Gasteiger charge is -2.12. The van der Waals surface area contributed by atoms with E-state index in [1.807, 2.05) is 6.92 Å². The van der Waals surface area contributed by atoms with Gasteiger partial charge in [-0.2, -0.15) is 5.26 Å².